The molecule has 1 fully saturated rings. The van der Waals surface area contributed by atoms with Gasteiger partial charge < -0.3 is 30.4 Å². The number of esters is 1. The second kappa shape index (κ2) is 13.0. The molecule has 2 atom stereocenters. The van der Waals surface area contributed by atoms with Gasteiger partial charge in [-0.25, -0.2) is 0 Å². The highest BCUT2D eigenvalue weighted by Crippen LogP contribution is 2.38. The van der Waals surface area contributed by atoms with E-state index in [1.807, 2.05) is 6.92 Å². The van der Waals surface area contributed by atoms with Crippen LogP contribution in [-0.4, -0.2) is 73.0 Å². The SMILES string of the molecule is CCOc1cccc2[nH]c(C(=O)NCC(=O)NC(C[C@@H]3CCCNC3=O)C(=O)COC(=O)C(C)(C)C(F)(F)F)cc12. The third kappa shape index (κ3) is 7.76. The number of aromatic nitrogens is 1. The van der Waals surface area contributed by atoms with Gasteiger partial charge in [-0.15, -0.1) is 0 Å². The molecular formula is C27H33F3N4O7. The van der Waals surface area contributed by atoms with Crippen molar-refractivity contribution < 1.29 is 46.6 Å². The fourth-order valence-electron chi connectivity index (χ4n) is 4.18. The summed E-state index contributed by atoms with van der Waals surface area (Å²) in [4.78, 5) is 65.5. The maximum atomic E-state index is 13.1. The number of fused-ring (bicyclic) bond motifs is 1. The van der Waals surface area contributed by atoms with Crippen LogP contribution in [0.1, 0.15) is 50.5 Å². The molecule has 3 rings (SSSR count). The summed E-state index contributed by atoms with van der Waals surface area (Å²) in [6.07, 6.45) is -4.01. The number of rotatable bonds is 12. The summed E-state index contributed by atoms with van der Waals surface area (Å²) < 4.78 is 49.6. The van der Waals surface area contributed by atoms with Gasteiger partial charge in [0.25, 0.3) is 5.91 Å². The monoisotopic (exact) mass is 582 g/mol. The molecule has 14 heteroatoms. The maximum absolute atomic E-state index is 13.1. The molecule has 3 amide bonds. The molecule has 1 aliphatic heterocycles. The molecule has 1 aliphatic rings. The van der Waals surface area contributed by atoms with Crippen molar-refractivity contribution in [2.75, 3.05) is 26.3 Å². The lowest BCUT2D eigenvalue weighted by Crippen LogP contribution is -2.50. The number of aromatic amines is 1. The zero-order valence-electron chi connectivity index (χ0n) is 22.9. The van der Waals surface area contributed by atoms with Crippen molar-refractivity contribution in [1.82, 2.24) is 20.9 Å². The second-order valence-corrected chi connectivity index (χ2v) is 10.2. The van der Waals surface area contributed by atoms with E-state index in [1.165, 1.54) is 0 Å². The normalized spacial score (nSPS) is 16.4. The molecule has 1 aromatic heterocycles. The van der Waals surface area contributed by atoms with Gasteiger partial charge in [-0.3, -0.25) is 24.0 Å². The number of alkyl halides is 3. The molecule has 0 aliphatic carbocycles. The van der Waals surface area contributed by atoms with Gasteiger partial charge in [-0.1, -0.05) is 6.07 Å². The van der Waals surface area contributed by atoms with E-state index >= 15 is 0 Å². The number of halogens is 3. The summed E-state index contributed by atoms with van der Waals surface area (Å²) in [5, 5.41) is 8.17. The summed E-state index contributed by atoms with van der Waals surface area (Å²) in [6.45, 7) is 2.36. The van der Waals surface area contributed by atoms with Crippen LogP contribution in [0.3, 0.4) is 0 Å². The van der Waals surface area contributed by atoms with E-state index in [-0.39, 0.29) is 18.0 Å². The molecule has 2 aromatic rings. The first-order valence-corrected chi connectivity index (χ1v) is 13.1. The van der Waals surface area contributed by atoms with Crippen LogP contribution in [-0.2, 0) is 23.9 Å². The molecule has 1 aromatic carbocycles. The molecule has 0 bridgehead atoms. The van der Waals surface area contributed by atoms with Crippen LogP contribution >= 0.6 is 0 Å². The minimum Gasteiger partial charge on any atom is -0.493 e. The smallest absolute Gasteiger partial charge is 0.404 e. The molecule has 0 spiro atoms. The Morgan fingerprint density at radius 3 is 2.56 bits per heavy atom. The number of ketones is 1. The fraction of sp³-hybridized carbons (Fsp3) is 0.519. The molecule has 0 radical (unpaired) electrons. The Bertz CT molecular complexity index is 1310. The standard InChI is InChI=1S/C27H33F3N4O7/c1-4-40-21-9-5-8-17-16(21)12-19(33-17)24(38)32-13-22(36)34-18(11-15-7-6-10-31-23(15)37)20(35)14-41-25(39)26(2,3)27(28,29)30/h5,8-9,12,15,18,33H,4,6-7,10-11,13-14H2,1-3H3,(H,31,37)(H,32,38)(H,34,36)/t15-,18?/m0/s1. The minimum absolute atomic E-state index is 0.158. The first-order chi connectivity index (χ1) is 19.2. The van der Waals surface area contributed by atoms with E-state index in [2.05, 4.69) is 25.7 Å². The number of hydrogen-bond acceptors (Lipinski definition) is 7. The van der Waals surface area contributed by atoms with Gasteiger partial charge in [0.05, 0.1) is 19.2 Å². The largest absolute Gasteiger partial charge is 0.493 e. The number of benzene rings is 1. The number of amides is 3. The highest BCUT2D eigenvalue weighted by Gasteiger charge is 2.54. The van der Waals surface area contributed by atoms with Gasteiger partial charge in [0.2, 0.25) is 11.8 Å². The topological polar surface area (TPSA) is 156 Å². The van der Waals surface area contributed by atoms with Crippen LogP contribution < -0.4 is 20.7 Å². The van der Waals surface area contributed by atoms with Crippen molar-refractivity contribution in [3.63, 3.8) is 0 Å². The number of ether oxygens (including phenoxy) is 2. The lowest BCUT2D eigenvalue weighted by Gasteiger charge is -2.27. The first-order valence-electron chi connectivity index (χ1n) is 13.1. The summed E-state index contributed by atoms with van der Waals surface area (Å²) in [5.74, 6) is -4.37. The molecule has 2 heterocycles. The fourth-order valence-corrected chi connectivity index (χ4v) is 4.18. The van der Waals surface area contributed by atoms with Crippen LogP contribution in [0.15, 0.2) is 24.3 Å². The minimum atomic E-state index is -4.91. The molecule has 224 valence electrons. The van der Waals surface area contributed by atoms with E-state index in [9.17, 15) is 37.1 Å². The molecular weight excluding hydrogens is 549 g/mol. The van der Waals surface area contributed by atoms with Crippen LogP contribution in [0.2, 0.25) is 0 Å². The number of H-pyrrole nitrogens is 1. The Hall–Kier alpha value is -4.10. The molecule has 0 saturated carbocycles. The van der Waals surface area contributed by atoms with Gasteiger partial charge in [-0.2, -0.15) is 13.2 Å². The predicted molar refractivity (Wildman–Crippen MR) is 140 cm³/mol. The van der Waals surface area contributed by atoms with E-state index in [0.717, 1.165) is 0 Å². The Morgan fingerprint density at radius 2 is 1.90 bits per heavy atom. The van der Waals surface area contributed by atoms with Crippen molar-refractivity contribution in [3.8, 4) is 5.75 Å². The number of piperidine rings is 1. The molecule has 1 unspecified atom stereocenters. The highest BCUT2D eigenvalue weighted by atomic mass is 19.4. The average molecular weight is 583 g/mol. The van der Waals surface area contributed by atoms with E-state index in [4.69, 9.17) is 4.74 Å². The Labute approximate surface area is 233 Å². The molecule has 4 N–H and O–H groups in total. The Balaban J connectivity index is 1.65. The van der Waals surface area contributed by atoms with Gasteiger partial charge in [0.15, 0.2) is 17.8 Å². The van der Waals surface area contributed by atoms with Gasteiger partial charge in [-0.05, 0) is 58.2 Å². The highest BCUT2D eigenvalue weighted by molar-refractivity contribution is 6.01. The van der Waals surface area contributed by atoms with Gasteiger partial charge in [0, 0.05) is 23.4 Å². The zero-order chi connectivity index (χ0) is 30.4. The van der Waals surface area contributed by atoms with Crippen LogP contribution in [0, 0.1) is 11.3 Å². The maximum Gasteiger partial charge on any atom is 0.404 e. The summed E-state index contributed by atoms with van der Waals surface area (Å²) in [6, 6.07) is 5.47. The third-order valence-corrected chi connectivity index (χ3v) is 6.79. The van der Waals surface area contributed by atoms with Crippen molar-refractivity contribution in [1.29, 1.82) is 0 Å². The average Bonchev–Trinajstić information content (AvgIpc) is 3.36. The van der Waals surface area contributed by atoms with E-state index in [0.29, 0.717) is 56.5 Å². The van der Waals surface area contributed by atoms with Gasteiger partial charge >= 0.3 is 12.1 Å². The number of Topliss-reactive ketones (excluding diaryl/α,β-unsaturated/α-hetero) is 1. The lowest BCUT2D eigenvalue weighted by molar-refractivity contribution is -0.224. The second-order valence-electron chi connectivity index (χ2n) is 10.2. The number of carbonyl (C=O) groups is 5. The van der Waals surface area contributed by atoms with E-state index < -0.39 is 60.3 Å². The molecule has 11 nitrogen and oxygen atoms in total. The van der Waals surface area contributed by atoms with Crippen molar-refractivity contribution in [2.24, 2.45) is 11.3 Å². The third-order valence-electron chi connectivity index (χ3n) is 6.79. The van der Waals surface area contributed by atoms with Crippen LogP contribution in [0.5, 0.6) is 5.75 Å². The molecule has 1 saturated heterocycles. The summed E-state index contributed by atoms with van der Waals surface area (Å²) in [5.41, 5.74) is -2.05. The summed E-state index contributed by atoms with van der Waals surface area (Å²) in [7, 11) is 0. The quantitative estimate of drug-likeness (QED) is 0.280. The Morgan fingerprint density at radius 1 is 1.17 bits per heavy atom. The van der Waals surface area contributed by atoms with Crippen molar-refractivity contribution >= 4 is 40.4 Å². The molecule has 41 heavy (non-hydrogen) atoms. The number of carbonyl (C=O) groups excluding carboxylic acids is 5. The van der Waals surface area contributed by atoms with Gasteiger partial charge in [0.1, 0.15) is 11.4 Å². The Kier molecular flexibility index (Phi) is 10.00. The number of nitrogens with one attached hydrogen (secondary N) is 4. The zero-order valence-corrected chi connectivity index (χ0v) is 22.9. The first kappa shape index (κ1) is 31.4. The lowest BCUT2D eigenvalue weighted by atomic mass is 9.90. The van der Waals surface area contributed by atoms with Crippen LogP contribution in [0.4, 0.5) is 13.2 Å². The van der Waals surface area contributed by atoms with Crippen LogP contribution in [0.25, 0.3) is 10.9 Å². The predicted octanol–water partition coefficient (Wildman–Crippen LogP) is 2.40. The van der Waals surface area contributed by atoms with Crippen molar-refractivity contribution in [2.45, 2.75) is 52.3 Å². The number of hydrogen-bond donors (Lipinski definition) is 4. The van der Waals surface area contributed by atoms with E-state index in [1.54, 1.807) is 24.3 Å². The van der Waals surface area contributed by atoms with Crippen molar-refractivity contribution in [3.05, 3.63) is 30.0 Å². The summed E-state index contributed by atoms with van der Waals surface area (Å²) >= 11 is 0.